The average molecular weight is 514 g/mol. The van der Waals surface area contributed by atoms with Gasteiger partial charge in [0.05, 0.1) is 6.54 Å². The Morgan fingerprint density at radius 3 is 2.57 bits per heavy atom. The van der Waals surface area contributed by atoms with Gasteiger partial charge in [-0.05, 0) is 23.9 Å². The van der Waals surface area contributed by atoms with E-state index in [9.17, 15) is 4.79 Å². The van der Waals surface area contributed by atoms with Crippen LogP contribution in [0, 0.1) is 0 Å². The summed E-state index contributed by atoms with van der Waals surface area (Å²) in [7, 11) is 1.84. The second kappa shape index (κ2) is 13.5. The predicted octanol–water partition coefficient (Wildman–Crippen LogP) is 4.07. The Bertz CT molecular complexity index is 706. The fraction of sp³-hybridized carbons (Fsp3) is 0.429. The van der Waals surface area contributed by atoms with Crippen LogP contribution in [0.2, 0.25) is 0 Å². The third kappa shape index (κ3) is 8.60. The lowest BCUT2D eigenvalue weighted by Gasteiger charge is -2.18. The number of rotatable bonds is 9. The van der Waals surface area contributed by atoms with E-state index in [0.29, 0.717) is 25.4 Å². The standard InChI is InChI=1S/C21H30N4OS.HI/c1-4-22-21(24-15-17(2)19-11-8-14-27-19)23-13-12-20(26)25(3)16-18-9-6-5-7-10-18;/h5-11,14,17H,4,12-13,15-16H2,1-3H3,(H2,22,23,24);1H. The second-order valence-corrected chi connectivity index (χ2v) is 7.53. The molecular weight excluding hydrogens is 483 g/mol. The maximum absolute atomic E-state index is 12.3. The lowest BCUT2D eigenvalue weighted by Crippen LogP contribution is -2.39. The molecule has 0 aliphatic heterocycles. The number of nitrogens with one attached hydrogen (secondary N) is 2. The molecule has 0 saturated heterocycles. The molecule has 0 aliphatic rings. The molecule has 0 saturated carbocycles. The molecule has 2 aromatic rings. The third-order valence-electron chi connectivity index (χ3n) is 4.22. The van der Waals surface area contributed by atoms with Crippen molar-refractivity contribution in [1.29, 1.82) is 0 Å². The highest BCUT2D eigenvalue weighted by Crippen LogP contribution is 2.20. The molecule has 0 aliphatic carbocycles. The highest BCUT2D eigenvalue weighted by atomic mass is 127. The molecule has 1 atom stereocenters. The zero-order valence-corrected chi connectivity index (χ0v) is 20.0. The highest BCUT2D eigenvalue weighted by molar-refractivity contribution is 14.0. The Morgan fingerprint density at radius 2 is 1.93 bits per heavy atom. The van der Waals surface area contributed by atoms with Crippen LogP contribution in [0.1, 0.15) is 36.6 Å². The Kier molecular flexibility index (Phi) is 11.8. The maximum atomic E-state index is 12.3. The van der Waals surface area contributed by atoms with Crippen molar-refractivity contribution in [3.8, 4) is 0 Å². The zero-order valence-electron chi connectivity index (χ0n) is 16.9. The predicted molar refractivity (Wildman–Crippen MR) is 130 cm³/mol. The molecule has 154 valence electrons. The lowest BCUT2D eigenvalue weighted by atomic mass is 10.1. The van der Waals surface area contributed by atoms with Crippen LogP contribution in [0.25, 0.3) is 0 Å². The number of hydrogen-bond donors (Lipinski definition) is 2. The van der Waals surface area contributed by atoms with E-state index < -0.39 is 0 Å². The Morgan fingerprint density at radius 1 is 1.18 bits per heavy atom. The van der Waals surface area contributed by atoms with Crippen LogP contribution in [0.15, 0.2) is 52.8 Å². The van der Waals surface area contributed by atoms with Gasteiger partial charge in [-0.15, -0.1) is 35.3 Å². The molecule has 1 heterocycles. The van der Waals surface area contributed by atoms with Gasteiger partial charge in [-0.25, -0.2) is 0 Å². The first-order valence-corrected chi connectivity index (χ1v) is 10.3. The minimum atomic E-state index is 0. The van der Waals surface area contributed by atoms with E-state index in [0.717, 1.165) is 24.6 Å². The molecule has 2 rings (SSSR count). The number of thiophene rings is 1. The molecule has 0 radical (unpaired) electrons. The summed E-state index contributed by atoms with van der Waals surface area (Å²) in [5.74, 6) is 1.27. The topological polar surface area (TPSA) is 56.7 Å². The molecule has 0 bridgehead atoms. The second-order valence-electron chi connectivity index (χ2n) is 6.55. The molecular formula is C21H31IN4OS. The van der Waals surface area contributed by atoms with E-state index in [1.165, 1.54) is 4.88 Å². The number of carbonyl (C=O) groups is 1. The van der Waals surface area contributed by atoms with Crippen LogP contribution in [-0.4, -0.2) is 43.4 Å². The van der Waals surface area contributed by atoms with Crippen LogP contribution in [0.4, 0.5) is 0 Å². The Balaban J connectivity index is 0.00000392. The summed E-state index contributed by atoms with van der Waals surface area (Å²) < 4.78 is 0. The zero-order chi connectivity index (χ0) is 19.5. The summed E-state index contributed by atoms with van der Waals surface area (Å²) in [6.07, 6.45) is 0.439. The molecule has 2 N–H and O–H groups in total. The molecule has 1 unspecified atom stereocenters. The van der Waals surface area contributed by atoms with Crippen LogP contribution in [0.5, 0.6) is 0 Å². The van der Waals surface area contributed by atoms with E-state index >= 15 is 0 Å². The number of hydrogen-bond acceptors (Lipinski definition) is 3. The quantitative estimate of drug-likeness (QED) is 0.302. The van der Waals surface area contributed by atoms with Crippen molar-refractivity contribution >= 4 is 47.2 Å². The van der Waals surface area contributed by atoms with Crippen LogP contribution < -0.4 is 10.6 Å². The number of halogens is 1. The van der Waals surface area contributed by atoms with Gasteiger partial charge in [0.1, 0.15) is 0 Å². The smallest absolute Gasteiger partial charge is 0.224 e. The number of aliphatic imine (C=N–C) groups is 1. The monoisotopic (exact) mass is 514 g/mol. The number of amides is 1. The average Bonchev–Trinajstić information content (AvgIpc) is 3.21. The Hall–Kier alpha value is -1.61. The fourth-order valence-electron chi connectivity index (χ4n) is 2.66. The fourth-order valence-corrected chi connectivity index (χ4v) is 3.43. The largest absolute Gasteiger partial charge is 0.357 e. The van der Waals surface area contributed by atoms with E-state index in [1.807, 2.05) is 44.3 Å². The van der Waals surface area contributed by atoms with Crippen molar-refractivity contribution < 1.29 is 4.79 Å². The number of benzene rings is 1. The van der Waals surface area contributed by atoms with Gasteiger partial charge in [0.15, 0.2) is 5.96 Å². The minimum absolute atomic E-state index is 0. The van der Waals surface area contributed by atoms with Gasteiger partial charge in [0.2, 0.25) is 5.91 Å². The summed E-state index contributed by atoms with van der Waals surface area (Å²) in [4.78, 5) is 20.1. The molecule has 7 heteroatoms. The van der Waals surface area contributed by atoms with Crippen LogP contribution in [0.3, 0.4) is 0 Å². The van der Waals surface area contributed by atoms with Gasteiger partial charge < -0.3 is 15.5 Å². The van der Waals surface area contributed by atoms with E-state index in [1.54, 1.807) is 16.2 Å². The number of nitrogens with zero attached hydrogens (tertiary/aromatic N) is 2. The first-order valence-electron chi connectivity index (χ1n) is 9.43. The van der Waals surface area contributed by atoms with Gasteiger partial charge >= 0.3 is 0 Å². The Labute approximate surface area is 189 Å². The van der Waals surface area contributed by atoms with Gasteiger partial charge in [-0.2, -0.15) is 0 Å². The van der Waals surface area contributed by atoms with E-state index in [-0.39, 0.29) is 29.9 Å². The maximum Gasteiger partial charge on any atom is 0.224 e. The van der Waals surface area contributed by atoms with Crippen molar-refractivity contribution in [2.24, 2.45) is 4.99 Å². The number of carbonyl (C=O) groups excluding carboxylic acids is 1. The van der Waals surface area contributed by atoms with Crippen molar-refractivity contribution in [3.63, 3.8) is 0 Å². The molecule has 28 heavy (non-hydrogen) atoms. The van der Waals surface area contributed by atoms with E-state index in [2.05, 4.69) is 40.1 Å². The van der Waals surface area contributed by atoms with Crippen LogP contribution in [-0.2, 0) is 11.3 Å². The summed E-state index contributed by atoms with van der Waals surface area (Å²) in [6.45, 7) is 6.93. The van der Waals surface area contributed by atoms with Crippen molar-refractivity contribution in [2.75, 3.05) is 26.7 Å². The van der Waals surface area contributed by atoms with Gasteiger partial charge in [-0.3, -0.25) is 9.79 Å². The lowest BCUT2D eigenvalue weighted by molar-refractivity contribution is -0.130. The molecule has 0 spiro atoms. The highest BCUT2D eigenvalue weighted by Gasteiger charge is 2.10. The SMILES string of the molecule is CCNC(=NCC(C)c1cccs1)NCCC(=O)N(C)Cc1ccccc1.I. The summed E-state index contributed by atoms with van der Waals surface area (Å²) in [5.41, 5.74) is 1.14. The summed E-state index contributed by atoms with van der Waals surface area (Å²) in [6, 6.07) is 14.3. The van der Waals surface area contributed by atoms with E-state index in [4.69, 9.17) is 0 Å². The third-order valence-corrected chi connectivity index (χ3v) is 5.32. The van der Waals surface area contributed by atoms with Crippen molar-refractivity contribution in [1.82, 2.24) is 15.5 Å². The number of guanidine groups is 1. The molecule has 1 amide bonds. The first kappa shape index (κ1) is 24.4. The minimum Gasteiger partial charge on any atom is -0.357 e. The van der Waals surface area contributed by atoms with Crippen LogP contribution >= 0.6 is 35.3 Å². The summed E-state index contributed by atoms with van der Waals surface area (Å²) >= 11 is 1.76. The molecule has 0 fully saturated rings. The molecule has 1 aromatic carbocycles. The van der Waals surface area contributed by atoms with Crippen molar-refractivity contribution in [3.05, 3.63) is 58.3 Å². The van der Waals surface area contributed by atoms with Gasteiger partial charge in [0, 0.05) is 43.9 Å². The normalized spacial score (nSPS) is 12.0. The first-order chi connectivity index (χ1) is 13.1. The van der Waals surface area contributed by atoms with Gasteiger partial charge in [0.25, 0.3) is 0 Å². The molecule has 1 aromatic heterocycles. The molecule has 5 nitrogen and oxygen atoms in total. The summed E-state index contributed by atoms with van der Waals surface area (Å²) in [5, 5.41) is 8.60. The van der Waals surface area contributed by atoms with Crippen molar-refractivity contribution in [2.45, 2.75) is 32.7 Å². The van der Waals surface area contributed by atoms with Gasteiger partial charge in [-0.1, -0.05) is 43.3 Å².